The number of amides is 1. The largest absolute Gasteiger partial charge is 0.340 e. The van der Waals surface area contributed by atoms with Gasteiger partial charge in [0.2, 0.25) is 11.7 Å². The molecule has 8 heteroatoms. The summed E-state index contributed by atoms with van der Waals surface area (Å²) in [5, 5.41) is 3.93. The van der Waals surface area contributed by atoms with Crippen molar-refractivity contribution in [3.63, 3.8) is 0 Å². The molecule has 0 N–H and O–H groups in total. The van der Waals surface area contributed by atoms with Gasteiger partial charge in [0.05, 0.1) is 5.92 Å². The number of piperidine rings is 1. The van der Waals surface area contributed by atoms with Crippen LogP contribution in [0, 0.1) is 5.82 Å². The highest BCUT2D eigenvalue weighted by atomic mass is 35.5. The van der Waals surface area contributed by atoms with Gasteiger partial charge in [-0.25, -0.2) is 4.39 Å². The van der Waals surface area contributed by atoms with Crippen LogP contribution >= 0.6 is 23.2 Å². The fraction of sp³-hybridized carbons (Fsp3) is 0.400. The third-order valence-corrected chi connectivity index (χ3v) is 4.19. The van der Waals surface area contributed by atoms with Crippen molar-refractivity contribution in [2.24, 2.45) is 0 Å². The average Bonchev–Trinajstić information content (AvgIpc) is 3.05. The van der Waals surface area contributed by atoms with Crippen LogP contribution in [0.4, 0.5) is 4.39 Å². The van der Waals surface area contributed by atoms with E-state index in [1.807, 2.05) is 0 Å². The molecule has 0 spiro atoms. The summed E-state index contributed by atoms with van der Waals surface area (Å²) >= 11 is 11.3. The molecule has 0 bridgehead atoms. The summed E-state index contributed by atoms with van der Waals surface area (Å²) in [5.74, 6) is 0.173. The lowest BCUT2D eigenvalue weighted by Crippen LogP contribution is -2.41. The number of nitrogens with zero attached hydrogens (tertiary/aromatic N) is 3. The Morgan fingerprint density at radius 1 is 1.35 bits per heavy atom. The van der Waals surface area contributed by atoms with Crippen LogP contribution in [0.5, 0.6) is 0 Å². The minimum absolute atomic E-state index is 0.0542. The van der Waals surface area contributed by atoms with Crippen molar-refractivity contribution in [3.8, 4) is 11.4 Å². The molecule has 0 aliphatic carbocycles. The number of alkyl halides is 2. The van der Waals surface area contributed by atoms with Crippen molar-refractivity contribution in [1.82, 2.24) is 15.0 Å². The molecule has 1 fully saturated rings. The Morgan fingerprint density at radius 2 is 2.09 bits per heavy atom. The van der Waals surface area contributed by atoms with E-state index in [0.29, 0.717) is 30.4 Å². The van der Waals surface area contributed by atoms with Gasteiger partial charge in [0.15, 0.2) is 4.84 Å². The maximum absolute atomic E-state index is 13.0. The molecule has 3 rings (SSSR count). The van der Waals surface area contributed by atoms with Crippen LogP contribution in [0.15, 0.2) is 28.8 Å². The summed E-state index contributed by atoms with van der Waals surface area (Å²) in [6.45, 7) is 1.06. The van der Waals surface area contributed by atoms with Gasteiger partial charge in [-0.05, 0) is 37.1 Å². The van der Waals surface area contributed by atoms with Crippen LogP contribution in [0.25, 0.3) is 11.4 Å². The van der Waals surface area contributed by atoms with E-state index in [-0.39, 0.29) is 17.6 Å². The van der Waals surface area contributed by atoms with Crippen LogP contribution in [0.3, 0.4) is 0 Å². The fourth-order valence-electron chi connectivity index (χ4n) is 2.63. The van der Waals surface area contributed by atoms with Gasteiger partial charge in [0.25, 0.3) is 5.91 Å². The second-order valence-electron chi connectivity index (χ2n) is 5.39. The Kier molecular flexibility index (Phi) is 4.82. The predicted molar refractivity (Wildman–Crippen MR) is 83.7 cm³/mol. The van der Waals surface area contributed by atoms with E-state index < -0.39 is 4.84 Å². The molecule has 1 unspecified atom stereocenters. The van der Waals surface area contributed by atoms with Crippen molar-refractivity contribution < 1.29 is 13.7 Å². The first-order valence-corrected chi connectivity index (χ1v) is 8.08. The number of aromatic nitrogens is 2. The van der Waals surface area contributed by atoms with Gasteiger partial charge < -0.3 is 9.42 Å². The molecule has 23 heavy (non-hydrogen) atoms. The molecule has 1 amide bonds. The van der Waals surface area contributed by atoms with Crippen LogP contribution in [-0.2, 0) is 4.79 Å². The fourth-order valence-corrected chi connectivity index (χ4v) is 2.91. The third-order valence-electron chi connectivity index (χ3n) is 3.81. The van der Waals surface area contributed by atoms with Crippen molar-refractivity contribution in [3.05, 3.63) is 36.0 Å². The molecule has 0 saturated carbocycles. The first kappa shape index (κ1) is 16.2. The monoisotopic (exact) mass is 357 g/mol. The smallest absolute Gasteiger partial charge is 0.255 e. The summed E-state index contributed by atoms with van der Waals surface area (Å²) in [7, 11) is 0. The van der Waals surface area contributed by atoms with Gasteiger partial charge in [0.1, 0.15) is 5.82 Å². The van der Waals surface area contributed by atoms with Gasteiger partial charge in [0, 0.05) is 18.7 Å². The summed E-state index contributed by atoms with van der Waals surface area (Å²) < 4.78 is 18.3. The zero-order valence-corrected chi connectivity index (χ0v) is 13.6. The summed E-state index contributed by atoms with van der Waals surface area (Å²) in [6.07, 6.45) is 1.65. The lowest BCUT2D eigenvalue weighted by atomic mass is 9.98. The van der Waals surface area contributed by atoms with Crippen LogP contribution in [-0.4, -0.2) is 38.9 Å². The maximum Gasteiger partial charge on any atom is 0.255 e. The second kappa shape index (κ2) is 6.84. The molecule has 0 radical (unpaired) electrons. The van der Waals surface area contributed by atoms with E-state index in [9.17, 15) is 9.18 Å². The van der Waals surface area contributed by atoms with Crippen LogP contribution in [0.1, 0.15) is 24.7 Å². The number of hydrogen-bond donors (Lipinski definition) is 0. The maximum atomic E-state index is 13.0. The highest BCUT2D eigenvalue weighted by Gasteiger charge is 2.30. The van der Waals surface area contributed by atoms with Crippen molar-refractivity contribution in [2.45, 2.75) is 23.6 Å². The number of carbonyl (C=O) groups is 1. The number of carbonyl (C=O) groups excluding carboxylic acids is 1. The number of halogens is 3. The Balaban J connectivity index is 1.74. The Bertz CT molecular complexity index is 690. The number of likely N-dealkylation sites (tertiary alicyclic amines) is 1. The van der Waals surface area contributed by atoms with E-state index in [2.05, 4.69) is 10.1 Å². The molecule has 5 nitrogen and oxygen atoms in total. The first-order valence-electron chi connectivity index (χ1n) is 7.21. The molecule has 1 atom stereocenters. The molecule has 1 aliphatic heterocycles. The van der Waals surface area contributed by atoms with Crippen molar-refractivity contribution in [2.75, 3.05) is 13.1 Å². The van der Waals surface area contributed by atoms with E-state index >= 15 is 0 Å². The third kappa shape index (κ3) is 3.64. The van der Waals surface area contributed by atoms with Crippen LogP contribution in [0.2, 0.25) is 0 Å². The molecule has 1 aromatic heterocycles. The molecule has 1 saturated heterocycles. The Labute approximate surface area is 142 Å². The van der Waals surface area contributed by atoms with Gasteiger partial charge in [-0.1, -0.05) is 28.4 Å². The zero-order chi connectivity index (χ0) is 16.4. The molecule has 1 aliphatic rings. The minimum Gasteiger partial charge on any atom is -0.340 e. The normalized spacial score (nSPS) is 18.4. The average molecular weight is 358 g/mol. The highest BCUT2D eigenvalue weighted by Crippen LogP contribution is 2.28. The Morgan fingerprint density at radius 3 is 2.78 bits per heavy atom. The molecule has 122 valence electrons. The second-order valence-corrected chi connectivity index (χ2v) is 6.48. The van der Waals surface area contributed by atoms with Crippen LogP contribution < -0.4 is 0 Å². The van der Waals surface area contributed by atoms with E-state index in [4.69, 9.17) is 27.7 Å². The van der Waals surface area contributed by atoms with Crippen molar-refractivity contribution >= 4 is 29.1 Å². The molecular formula is C15H14Cl2FN3O2. The van der Waals surface area contributed by atoms with E-state index in [1.165, 1.54) is 12.1 Å². The minimum atomic E-state index is -1.06. The molecule has 2 heterocycles. The number of rotatable bonds is 3. The highest BCUT2D eigenvalue weighted by molar-refractivity contribution is 6.53. The number of hydrogen-bond acceptors (Lipinski definition) is 4. The molecular weight excluding hydrogens is 344 g/mol. The topological polar surface area (TPSA) is 59.2 Å². The zero-order valence-electron chi connectivity index (χ0n) is 12.1. The van der Waals surface area contributed by atoms with E-state index in [1.54, 1.807) is 17.0 Å². The molecule has 1 aromatic carbocycles. The first-order chi connectivity index (χ1) is 11.0. The van der Waals surface area contributed by atoms with Gasteiger partial charge in [-0.2, -0.15) is 4.98 Å². The van der Waals surface area contributed by atoms with Gasteiger partial charge >= 0.3 is 0 Å². The SMILES string of the molecule is O=C(C(Cl)Cl)N1CCCC(c2nc(-c3ccc(F)cc3)no2)C1. The summed E-state index contributed by atoms with van der Waals surface area (Å²) in [6, 6.07) is 5.86. The lowest BCUT2D eigenvalue weighted by molar-refractivity contribution is -0.130. The predicted octanol–water partition coefficient (Wildman–Crippen LogP) is 3.39. The quantitative estimate of drug-likeness (QED) is 0.790. The summed E-state index contributed by atoms with van der Waals surface area (Å²) in [4.78, 5) is 16.8. The lowest BCUT2D eigenvalue weighted by Gasteiger charge is -2.31. The van der Waals surface area contributed by atoms with Gasteiger partial charge in [-0.3, -0.25) is 4.79 Å². The number of benzene rings is 1. The summed E-state index contributed by atoms with van der Waals surface area (Å²) in [5.41, 5.74) is 0.673. The standard InChI is InChI=1S/C15H14Cl2FN3O2/c16-12(17)15(22)21-7-1-2-10(8-21)14-19-13(20-23-14)9-3-5-11(18)6-4-9/h3-6,10,12H,1-2,7-8H2. The Hall–Kier alpha value is -1.66. The van der Waals surface area contributed by atoms with Crippen molar-refractivity contribution in [1.29, 1.82) is 0 Å². The van der Waals surface area contributed by atoms with Gasteiger partial charge in [-0.15, -0.1) is 0 Å². The van der Waals surface area contributed by atoms with E-state index in [0.717, 1.165) is 12.8 Å². The molecule has 2 aromatic rings.